The van der Waals surface area contributed by atoms with Crippen LogP contribution in [0.5, 0.6) is 0 Å². The zero-order chi connectivity index (χ0) is 12.3. The number of nitrogens with one attached hydrogen (secondary N) is 1. The number of likely N-dealkylation sites (N-methyl/N-ethyl adjacent to an activating group) is 1. The van der Waals surface area contributed by atoms with E-state index in [1.54, 1.807) is 0 Å². The standard InChI is InChI=1S/C10H15F3N2O/c1-6(2)9-4-8(15-16-9)7(5-14-3)10(11,12)13/h4,6-7,14H,5H2,1-3H3. The Morgan fingerprint density at radius 2 is 2.06 bits per heavy atom. The zero-order valence-corrected chi connectivity index (χ0v) is 9.43. The lowest BCUT2D eigenvalue weighted by molar-refractivity contribution is -0.150. The van der Waals surface area contributed by atoms with Crippen molar-refractivity contribution in [1.29, 1.82) is 0 Å². The Balaban J connectivity index is 2.93. The van der Waals surface area contributed by atoms with Gasteiger partial charge in [-0.2, -0.15) is 13.2 Å². The second-order valence-electron chi connectivity index (χ2n) is 3.96. The fraction of sp³-hybridized carbons (Fsp3) is 0.700. The lowest BCUT2D eigenvalue weighted by Crippen LogP contribution is -2.30. The second-order valence-corrected chi connectivity index (χ2v) is 3.96. The van der Waals surface area contributed by atoms with Crippen LogP contribution >= 0.6 is 0 Å². The third kappa shape index (κ3) is 2.98. The summed E-state index contributed by atoms with van der Waals surface area (Å²) in [6.45, 7) is 3.48. The van der Waals surface area contributed by atoms with E-state index < -0.39 is 12.1 Å². The molecule has 0 amide bonds. The van der Waals surface area contributed by atoms with E-state index in [2.05, 4.69) is 10.5 Å². The minimum Gasteiger partial charge on any atom is -0.361 e. The Morgan fingerprint density at radius 3 is 2.44 bits per heavy atom. The molecule has 0 saturated heterocycles. The quantitative estimate of drug-likeness (QED) is 0.873. The fourth-order valence-electron chi connectivity index (χ4n) is 1.33. The number of hydrogen-bond acceptors (Lipinski definition) is 3. The van der Waals surface area contributed by atoms with Gasteiger partial charge in [-0.15, -0.1) is 0 Å². The predicted octanol–water partition coefficient (Wildman–Crippen LogP) is 2.66. The van der Waals surface area contributed by atoms with Gasteiger partial charge in [-0.3, -0.25) is 0 Å². The van der Waals surface area contributed by atoms with Crippen LogP contribution in [0.25, 0.3) is 0 Å². The maximum Gasteiger partial charge on any atom is 0.398 e. The molecular weight excluding hydrogens is 221 g/mol. The van der Waals surface area contributed by atoms with Crippen molar-refractivity contribution in [2.75, 3.05) is 13.6 Å². The molecule has 16 heavy (non-hydrogen) atoms. The van der Waals surface area contributed by atoms with Crippen LogP contribution < -0.4 is 5.32 Å². The minimum absolute atomic E-state index is 0.0321. The number of halogens is 3. The summed E-state index contributed by atoms with van der Waals surface area (Å²) in [7, 11) is 1.47. The zero-order valence-electron chi connectivity index (χ0n) is 9.43. The molecule has 0 bridgehead atoms. The highest BCUT2D eigenvalue weighted by Crippen LogP contribution is 2.34. The first-order valence-electron chi connectivity index (χ1n) is 5.04. The average molecular weight is 236 g/mol. The number of aromatic nitrogens is 1. The Labute approximate surface area is 92.0 Å². The van der Waals surface area contributed by atoms with Crippen LogP contribution in [-0.2, 0) is 0 Å². The summed E-state index contributed by atoms with van der Waals surface area (Å²) in [5.41, 5.74) is -0.0643. The van der Waals surface area contributed by atoms with Crippen molar-refractivity contribution in [1.82, 2.24) is 10.5 Å². The molecule has 6 heteroatoms. The maximum absolute atomic E-state index is 12.7. The highest BCUT2D eigenvalue weighted by molar-refractivity contribution is 5.15. The number of alkyl halides is 3. The van der Waals surface area contributed by atoms with Crippen LogP contribution in [0.2, 0.25) is 0 Å². The van der Waals surface area contributed by atoms with Crippen molar-refractivity contribution >= 4 is 0 Å². The van der Waals surface area contributed by atoms with Gasteiger partial charge in [0.15, 0.2) is 0 Å². The van der Waals surface area contributed by atoms with Crippen LogP contribution in [0.4, 0.5) is 13.2 Å². The summed E-state index contributed by atoms with van der Waals surface area (Å²) in [5.74, 6) is -1.11. The van der Waals surface area contributed by atoms with Gasteiger partial charge in [0.05, 0.1) is 5.69 Å². The van der Waals surface area contributed by atoms with Crippen molar-refractivity contribution in [3.05, 3.63) is 17.5 Å². The first-order valence-corrected chi connectivity index (χ1v) is 5.04. The van der Waals surface area contributed by atoms with Crippen molar-refractivity contribution in [3.63, 3.8) is 0 Å². The summed E-state index contributed by atoms with van der Waals surface area (Å²) < 4.78 is 42.9. The third-order valence-electron chi connectivity index (χ3n) is 2.28. The van der Waals surface area contributed by atoms with Crippen LogP contribution in [0.1, 0.15) is 37.1 Å². The van der Waals surface area contributed by atoms with E-state index in [1.165, 1.54) is 13.1 Å². The molecule has 1 rings (SSSR count). The first kappa shape index (κ1) is 13.0. The lowest BCUT2D eigenvalue weighted by atomic mass is 10.0. The van der Waals surface area contributed by atoms with Gasteiger partial charge >= 0.3 is 6.18 Å². The highest BCUT2D eigenvalue weighted by atomic mass is 19.4. The molecule has 1 unspecified atom stereocenters. The summed E-state index contributed by atoms with van der Waals surface area (Å²) >= 11 is 0. The largest absolute Gasteiger partial charge is 0.398 e. The van der Waals surface area contributed by atoms with Crippen molar-refractivity contribution in [2.45, 2.75) is 31.9 Å². The van der Waals surface area contributed by atoms with Crippen molar-refractivity contribution in [3.8, 4) is 0 Å². The van der Waals surface area contributed by atoms with Gasteiger partial charge in [-0.1, -0.05) is 19.0 Å². The molecular formula is C10H15F3N2O. The minimum atomic E-state index is -4.31. The summed E-state index contributed by atoms with van der Waals surface area (Å²) in [4.78, 5) is 0. The highest BCUT2D eigenvalue weighted by Gasteiger charge is 2.42. The lowest BCUT2D eigenvalue weighted by Gasteiger charge is -2.16. The molecule has 0 radical (unpaired) electrons. The monoisotopic (exact) mass is 236 g/mol. The van der Waals surface area contributed by atoms with Gasteiger partial charge in [0.1, 0.15) is 11.7 Å². The summed E-state index contributed by atoms with van der Waals surface area (Å²) in [5, 5.41) is 6.00. The molecule has 0 aliphatic rings. The summed E-state index contributed by atoms with van der Waals surface area (Å²) in [6, 6.07) is 1.38. The van der Waals surface area contributed by atoms with E-state index >= 15 is 0 Å². The Kier molecular flexibility index (Phi) is 3.96. The molecule has 1 N–H and O–H groups in total. The van der Waals surface area contributed by atoms with Crippen molar-refractivity contribution in [2.24, 2.45) is 0 Å². The Morgan fingerprint density at radius 1 is 1.44 bits per heavy atom. The fourth-order valence-corrected chi connectivity index (χ4v) is 1.33. The molecule has 1 atom stereocenters. The van der Waals surface area contributed by atoms with Crippen LogP contribution in [-0.4, -0.2) is 24.9 Å². The van der Waals surface area contributed by atoms with Gasteiger partial charge in [-0.05, 0) is 7.05 Å². The maximum atomic E-state index is 12.7. The van der Waals surface area contributed by atoms with Gasteiger partial charge < -0.3 is 9.84 Å². The molecule has 92 valence electrons. The average Bonchev–Trinajstić information content (AvgIpc) is 2.60. The number of hydrogen-bond donors (Lipinski definition) is 1. The van der Waals surface area contributed by atoms with Crippen molar-refractivity contribution < 1.29 is 17.7 Å². The molecule has 0 saturated carbocycles. The normalized spacial score (nSPS) is 14.4. The van der Waals surface area contributed by atoms with E-state index in [1.807, 2.05) is 13.8 Å². The molecule has 0 aromatic carbocycles. The number of nitrogens with zero attached hydrogens (tertiary/aromatic N) is 1. The molecule has 0 aliphatic carbocycles. The molecule has 1 aromatic rings. The number of rotatable bonds is 4. The predicted molar refractivity (Wildman–Crippen MR) is 53.3 cm³/mol. The first-order chi connectivity index (χ1) is 7.36. The smallest absolute Gasteiger partial charge is 0.361 e. The Hall–Kier alpha value is -1.04. The van der Waals surface area contributed by atoms with Crippen LogP contribution in [0, 0.1) is 0 Å². The van der Waals surface area contributed by atoms with E-state index in [4.69, 9.17) is 4.52 Å². The van der Waals surface area contributed by atoms with E-state index in [-0.39, 0.29) is 18.2 Å². The molecule has 0 fully saturated rings. The Bertz CT molecular complexity index is 333. The van der Waals surface area contributed by atoms with Gasteiger partial charge in [-0.25, -0.2) is 0 Å². The molecule has 1 heterocycles. The molecule has 3 nitrogen and oxygen atoms in total. The van der Waals surface area contributed by atoms with E-state index in [0.29, 0.717) is 5.76 Å². The van der Waals surface area contributed by atoms with Gasteiger partial charge in [0.25, 0.3) is 0 Å². The molecule has 1 aromatic heterocycles. The second kappa shape index (κ2) is 4.86. The molecule has 0 spiro atoms. The topological polar surface area (TPSA) is 38.1 Å². The van der Waals surface area contributed by atoms with Crippen LogP contribution in [0.3, 0.4) is 0 Å². The third-order valence-corrected chi connectivity index (χ3v) is 2.28. The SMILES string of the molecule is CNCC(c1cc(C(C)C)on1)C(F)(F)F. The van der Waals surface area contributed by atoms with Gasteiger partial charge in [0.2, 0.25) is 0 Å². The van der Waals surface area contributed by atoms with Crippen LogP contribution in [0.15, 0.2) is 10.6 Å². The van der Waals surface area contributed by atoms with Gasteiger partial charge in [0, 0.05) is 18.5 Å². The van der Waals surface area contributed by atoms with E-state index in [9.17, 15) is 13.2 Å². The summed E-state index contributed by atoms with van der Waals surface area (Å²) in [6.07, 6.45) is -4.31. The van der Waals surface area contributed by atoms with E-state index in [0.717, 1.165) is 0 Å². The molecule has 0 aliphatic heterocycles.